The number of rotatable bonds is 4. The molecule has 136 valence electrons. The number of amides is 2. The lowest BCUT2D eigenvalue weighted by Gasteiger charge is -2.50. The fourth-order valence-electron chi connectivity index (χ4n) is 4.03. The fourth-order valence-corrected chi connectivity index (χ4v) is 4.03. The van der Waals surface area contributed by atoms with Crippen LogP contribution in [0.3, 0.4) is 0 Å². The van der Waals surface area contributed by atoms with E-state index in [1.54, 1.807) is 7.11 Å². The van der Waals surface area contributed by atoms with Crippen molar-refractivity contribution in [1.82, 2.24) is 10.2 Å². The van der Waals surface area contributed by atoms with Gasteiger partial charge >= 0.3 is 0 Å². The molecule has 1 aromatic rings. The van der Waals surface area contributed by atoms with Gasteiger partial charge in [0.2, 0.25) is 11.8 Å². The van der Waals surface area contributed by atoms with Crippen LogP contribution in [0.25, 0.3) is 0 Å². The van der Waals surface area contributed by atoms with E-state index in [-0.39, 0.29) is 23.3 Å². The van der Waals surface area contributed by atoms with Crippen LogP contribution < -0.4 is 10.1 Å². The highest BCUT2D eigenvalue weighted by Gasteiger charge is 2.51. The second-order valence-electron chi connectivity index (χ2n) is 7.86. The smallest absolute Gasteiger partial charge is 0.228 e. The van der Waals surface area contributed by atoms with Crippen LogP contribution in [0.5, 0.6) is 5.75 Å². The van der Waals surface area contributed by atoms with Crippen molar-refractivity contribution in [3.8, 4) is 5.75 Å². The largest absolute Gasteiger partial charge is 0.497 e. The first kappa shape index (κ1) is 17.8. The molecule has 2 aliphatic heterocycles. The molecule has 2 amide bonds. The van der Waals surface area contributed by atoms with E-state index in [4.69, 9.17) is 4.74 Å². The molecule has 1 atom stereocenters. The zero-order valence-electron chi connectivity index (χ0n) is 15.6. The van der Waals surface area contributed by atoms with Crippen LogP contribution in [0, 0.1) is 18.3 Å². The second-order valence-corrected chi connectivity index (χ2v) is 7.86. The van der Waals surface area contributed by atoms with E-state index in [1.807, 2.05) is 43.9 Å². The molecule has 2 heterocycles. The third-order valence-electron chi connectivity index (χ3n) is 5.90. The molecule has 1 unspecified atom stereocenters. The summed E-state index contributed by atoms with van der Waals surface area (Å²) in [5, 5.41) is 3.05. The van der Waals surface area contributed by atoms with E-state index >= 15 is 0 Å². The Morgan fingerprint density at radius 3 is 2.52 bits per heavy atom. The van der Waals surface area contributed by atoms with Crippen molar-refractivity contribution in [3.63, 3.8) is 0 Å². The number of piperidine rings is 1. The second kappa shape index (κ2) is 6.70. The summed E-state index contributed by atoms with van der Waals surface area (Å²) in [7, 11) is 1.65. The first-order valence-electron chi connectivity index (χ1n) is 9.05. The van der Waals surface area contributed by atoms with Crippen molar-refractivity contribution >= 4 is 11.8 Å². The number of nitrogens with zero attached hydrogens (tertiary/aromatic N) is 1. The molecule has 2 saturated heterocycles. The summed E-state index contributed by atoms with van der Waals surface area (Å²) < 4.78 is 5.22. The highest BCUT2D eigenvalue weighted by molar-refractivity contribution is 5.89. The summed E-state index contributed by atoms with van der Waals surface area (Å²) >= 11 is 0. The Hall–Kier alpha value is -2.04. The minimum atomic E-state index is -0.267. The predicted octanol–water partition coefficient (Wildman–Crippen LogP) is 2.31. The molecular weight excluding hydrogens is 316 g/mol. The summed E-state index contributed by atoms with van der Waals surface area (Å²) in [5.74, 6) is 1.62. The Morgan fingerprint density at radius 1 is 1.32 bits per heavy atom. The Labute approximate surface area is 149 Å². The molecule has 0 aliphatic carbocycles. The standard InChI is InChI=1S/C20H28N2O3/c1-13-11-16(25-4)6-5-15(13)12-17(23)22-9-7-14(8-10-22)18-20(2,3)19(24)21-18/h5-6,11,14,18H,7-10,12H2,1-4H3,(H,21,24). The lowest BCUT2D eigenvalue weighted by atomic mass is 9.68. The van der Waals surface area contributed by atoms with Gasteiger partial charge in [-0.1, -0.05) is 6.07 Å². The number of carbonyl (C=O) groups excluding carboxylic acids is 2. The number of methoxy groups -OCH3 is 1. The maximum absolute atomic E-state index is 12.6. The van der Waals surface area contributed by atoms with Gasteiger partial charge in [0.25, 0.3) is 0 Å². The normalized spacial score (nSPS) is 23.0. The average molecular weight is 344 g/mol. The number of ether oxygens (including phenoxy) is 1. The van der Waals surface area contributed by atoms with E-state index in [0.29, 0.717) is 12.3 Å². The molecule has 25 heavy (non-hydrogen) atoms. The van der Waals surface area contributed by atoms with Crippen molar-refractivity contribution in [2.45, 2.75) is 46.1 Å². The number of carbonyl (C=O) groups is 2. The predicted molar refractivity (Wildman–Crippen MR) is 96.5 cm³/mol. The maximum atomic E-state index is 12.6. The highest BCUT2D eigenvalue weighted by atomic mass is 16.5. The van der Waals surface area contributed by atoms with E-state index in [1.165, 1.54) is 0 Å². The lowest BCUT2D eigenvalue weighted by Crippen LogP contribution is -2.68. The van der Waals surface area contributed by atoms with Crippen LogP contribution in [0.1, 0.15) is 37.8 Å². The van der Waals surface area contributed by atoms with Crippen LogP contribution in [-0.2, 0) is 16.0 Å². The minimum absolute atomic E-state index is 0.144. The molecule has 3 rings (SSSR count). The molecule has 2 aliphatic rings. The molecule has 0 bridgehead atoms. The first-order valence-corrected chi connectivity index (χ1v) is 9.05. The number of β-lactam (4-membered cyclic amide) rings is 1. The Kier molecular flexibility index (Phi) is 4.76. The zero-order chi connectivity index (χ0) is 18.2. The number of nitrogens with one attached hydrogen (secondary N) is 1. The number of aryl methyl sites for hydroxylation is 1. The summed E-state index contributed by atoms with van der Waals surface area (Å²) in [6.45, 7) is 7.60. The van der Waals surface area contributed by atoms with Gasteiger partial charge in [-0.15, -0.1) is 0 Å². The molecule has 0 aromatic heterocycles. The van der Waals surface area contributed by atoms with Crippen molar-refractivity contribution in [3.05, 3.63) is 29.3 Å². The van der Waals surface area contributed by atoms with Crippen molar-refractivity contribution in [2.24, 2.45) is 11.3 Å². The molecule has 1 aromatic carbocycles. The van der Waals surface area contributed by atoms with Crippen molar-refractivity contribution in [1.29, 1.82) is 0 Å². The molecular formula is C20H28N2O3. The molecule has 1 N–H and O–H groups in total. The quantitative estimate of drug-likeness (QED) is 0.853. The van der Waals surface area contributed by atoms with Crippen LogP contribution >= 0.6 is 0 Å². The van der Waals surface area contributed by atoms with Gasteiger partial charge in [-0.3, -0.25) is 9.59 Å². The first-order chi connectivity index (χ1) is 11.8. The van der Waals surface area contributed by atoms with E-state index in [9.17, 15) is 9.59 Å². The van der Waals surface area contributed by atoms with Crippen molar-refractivity contribution < 1.29 is 14.3 Å². The Bertz CT molecular complexity index is 676. The van der Waals surface area contributed by atoms with Gasteiger partial charge in [-0.05, 0) is 62.8 Å². The number of hydrogen-bond donors (Lipinski definition) is 1. The number of likely N-dealkylation sites (tertiary alicyclic amines) is 1. The molecule has 2 fully saturated rings. The topological polar surface area (TPSA) is 58.6 Å². The molecule has 5 nitrogen and oxygen atoms in total. The van der Waals surface area contributed by atoms with Gasteiger partial charge < -0.3 is 15.0 Å². The summed E-state index contributed by atoms with van der Waals surface area (Å²) in [6, 6.07) is 6.10. The lowest BCUT2D eigenvalue weighted by molar-refractivity contribution is -0.147. The minimum Gasteiger partial charge on any atom is -0.497 e. The van der Waals surface area contributed by atoms with Crippen LogP contribution in [0.15, 0.2) is 18.2 Å². The molecule has 5 heteroatoms. The fraction of sp³-hybridized carbons (Fsp3) is 0.600. The Balaban J connectivity index is 1.54. The summed E-state index contributed by atoms with van der Waals surface area (Å²) in [5.41, 5.74) is 1.87. The van der Waals surface area contributed by atoms with Crippen molar-refractivity contribution in [2.75, 3.05) is 20.2 Å². The van der Waals surface area contributed by atoms with E-state index in [0.717, 1.165) is 42.8 Å². The average Bonchev–Trinajstić information content (AvgIpc) is 2.61. The zero-order valence-corrected chi connectivity index (χ0v) is 15.6. The van der Waals surface area contributed by atoms with Gasteiger partial charge in [0.05, 0.1) is 18.9 Å². The van der Waals surface area contributed by atoms with Gasteiger partial charge in [0, 0.05) is 19.1 Å². The highest BCUT2D eigenvalue weighted by Crippen LogP contribution is 2.38. The van der Waals surface area contributed by atoms with Gasteiger partial charge in [0.1, 0.15) is 5.75 Å². The maximum Gasteiger partial charge on any atom is 0.228 e. The van der Waals surface area contributed by atoms with Crippen LogP contribution in [0.2, 0.25) is 0 Å². The van der Waals surface area contributed by atoms with Gasteiger partial charge in [0.15, 0.2) is 0 Å². The third-order valence-corrected chi connectivity index (χ3v) is 5.90. The molecule has 0 radical (unpaired) electrons. The van der Waals surface area contributed by atoms with Gasteiger partial charge in [-0.25, -0.2) is 0 Å². The SMILES string of the molecule is COc1ccc(CC(=O)N2CCC(C3NC(=O)C3(C)C)CC2)c(C)c1. The monoisotopic (exact) mass is 344 g/mol. The Morgan fingerprint density at radius 2 is 2.00 bits per heavy atom. The summed E-state index contributed by atoms with van der Waals surface area (Å²) in [4.78, 5) is 26.3. The van der Waals surface area contributed by atoms with Crippen LogP contribution in [0.4, 0.5) is 0 Å². The number of hydrogen-bond acceptors (Lipinski definition) is 3. The third kappa shape index (κ3) is 3.37. The van der Waals surface area contributed by atoms with Crippen LogP contribution in [-0.4, -0.2) is 43.0 Å². The van der Waals surface area contributed by atoms with E-state index < -0.39 is 0 Å². The summed E-state index contributed by atoms with van der Waals surface area (Å²) in [6.07, 6.45) is 2.36. The number of benzene rings is 1. The van der Waals surface area contributed by atoms with E-state index in [2.05, 4.69) is 5.32 Å². The van der Waals surface area contributed by atoms with Gasteiger partial charge in [-0.2, -0.15) is 0 Å². The molecule has 0 spiro atoms. The molecule has 0 saturated carbocycles.